The Labute approximate surface area is 86.1 Å². The first kappa shape index (κ1) is 13.3. The summed E-state index contributed by atoms with van der Waals surface area (Å²) < 4.78 is 5.51. The molecular formula is C10H22O2S. The van der Waals surface area contributed by atoms with Gasteiger partial charge in [0, 0.05) is 5.75 Å². The van der Waals surface area contributed by atoms with Crippen molar-refractivity contribution in [2.75, 3.05) is 18.1 Å². The van der Waals surface area contributed by atoms with E-state index in [1.807, 2.05) is 18.7 Å². The third kappa shape index (κ3) is 10.2. The van der Waals surface area contributed by atoms with Gasteiger partial charge in [0.05, 0.1) is 18.8 Å². The van der Waals surface area contributed by atoms with Crippen molar-refractivity contribution in [3.63, 3.8) is 0 Å². The lowest BCUT2D eigenvalue weighted by Crippen LogP contribution is -2.09. The highest BCUT2D eigenvalue weighted by atomic mass is 32.2. The summed E-state index contributed by atoms with van der Waals surface area (Å²) >= 11 is 1.85. The molecule has 3 heteroatoms. The van der Waals surface area contributed by atoms with Crippen LogP contribution >= 0.6 is 11.8 Å². The van der Waals surface area contributed by atoms with Gasteiger partial charge >= 0.3 is 0 Å². The van der Waals surface area contributed by atoms with E-state index in [0.29, 0.717) is 6.10 Å². The maximum atomic E-state index is 8.99. The van der Waals surface area contributed by atoms with Crippen molar-refractivity contribution in [1.82, 2.24) is 0 Å². The molecule has 0 aliphatic carbocycles. The fourth-order valence-corrected chi connectivity index (χ4v) is 1.71. The molecule has 0 aliphatic heterocycles. The summed E-state index contributed by atoms with van der Waals surface area (Å²) in [7, 11) is 0. The molecule has 0 saturated carbocycles. The number of aliphatic hydroxyl groups is 1. The quantitative estimate of drug-likeness (QED) is 0.618. The summed E-state index contributed by atoms with van der Waals surface area (Å²) in [5.74, 6) is 2.07. The highest BCUT2D eigenvalue weighted by Gasteiger charge is 1.98. The van der Waals surface area contributed by atoms with Gasteiger partial charge in [0.15, 0.2) is 0 Å². The van der Waals surface area contributed by atoms with Crippen LogP contribution in [0.4, 0.5) is 0 Å². The summed E-state index contributed by atoms with van der Waals surface area (Å²) in [6.45, 7) is 6.89. The average Bonchev–Trinajstić information content (AvgIpc) is 2.10. The molecule has 0 rings (SSSR count). The van der Waals surface area contributed by atoms with Crippen molar-refractivity contribution in [3.05, 3.63) is 0 Å². The number of hydrogen-bond donors (Lipinski definition) is 1. The molecule has 0 radical (unpaired) electrons. The fourth-order valence-electron chi connectivity index (χ4n) is 0.782. The second-order valence-corrected chi connectivity index (χ2v) is 4.56. The number of rotatable bonds is 8. The van der Waals surface area contributed by atoms with Crippen LogP contribution in [0, 0.1) is 0 Å². The van der Waals surface area contributed by atoms with Gasteiger partial charge in [0.25, 0.3) is 0 Å². The van der Waals surface area contributed by atoms with E-state index in [4.69, 9.17) is 9.84 Å². The van der Waals surface area contributed by atoms with Crippen LogP contribution in [0.2, 0.25) is 0 Å². The Hall–Kier alpha value is 0.270. The van der Waals surface area contributed by atoms with Crippen LogP contribution in [0.1, 0.15) is 33.6 Å². The van der Waals surface area contributed by atoms with E-state index in [0.717, 1.165) is 31.0 Å². The Kier molecular flexibility index (Phi) is 9.03. The minimum Gasteiger partial charge on any atom is -0.393 e. The van der Waals surface area contributed by atoms with Gasteiger partial charge in [-0.15, -0.1) is 0 Å². The van der Waals surface area contributed by atoms with E-state index in [1.165, 1.54) is 0 Å². The van der Waals surface area contributed by atoms with Crippen molar-refractivity contribution in [2.24, 2.45) is 0 Å². The van der Waals surface area contributed by atoms with Gasteiger partial charge in [-0.25, -0.2) is 0 Å². The molecule has 0 aromatic rings. The number of aliphatic hydroxyl groups excluding tert-OH is 1. The minimum absolute atomic E-state index is 0.164. The van der Waals surface area contributed by atoms with Gasteiger partial charge < -0.3 is 9.84 Å². The molecule has 0 aromatic heterocycles. The lowest BCUT2D eigenvalue weighted by Gasteiger charge is -2.10. The molecule has 2 nitrogen and oxygen atoms in total. The molecule has 80 valence electrons. The maximum Gasteiger partial charge on any atom is 0.0560 e. The largest absolute Gasteiger partial charge is 0.393 e. The van der Waals surface area contributed by atoms with Crippen LogP contribution in [0.25, 0.3) is 0 Å². The summed E-state index contributed by atoms with van der Waals surface area (Å²) in [6, 6.07) is 0. The van der Waals surface area contributed by atoms with Crippen LogP contribution < -0.4 is 0 Å². The maximum absolute atomic E-state index is 8.99. The SMILES string of the molecule is CCC(C)OCCSCCC(C)O. The van der Waals surface area contributed by atoms with Crippen molar-refractivity contribution < 1.29 is 9.84 Å². The van der Waals surface area contributed by atoms with Crippen LogP contribution in [0.5, 0.6) is 0 Å². The summed E-state index contributed by atoms with van der Waals surface area (Å²) in [5.41, 5.74) is 0. The molecule has 13 heavy (non-hydrogen) atoms. The first-order valence-electron chi connectivity index (χ1n) is 5.04. The molecule has 0 bridgehead atoms. The first-order valence-corrected chi connectivity index (χ1v) is 6.19. The van der Waals surface area contributed by atoms with E-state index >= 15 is 0 Å². The molecule has 2 unspecified atom stereocenters. The Morgan fingerprint density at radius 2 is 2.00 bits per heavy atom. The van der Waals surface area contributed by atoms with Gasteiger partial charge in [0.1, 0.15) is 0 Å². The van der Waals surface area contributed by atoms with Gasteiger partial charge in [0.2, 0.25) is 0 Å². The van der Waals surface area contributed by atoms with Gasteiger partial charge in [-0.3, -0.25) is 0 Å². The first-order chi connectivity index (χ1) is 6.16. The second-order valence-electron chi connectivity index (χ2n) is 3.34. The minimum atomic E-state index is -0.164. The molecule has 0 aromatic carbocycles. The Morgan fingerprint density at radius 1 is 1.31 bits per heavy atom. The average molecular weight is 206 g/mol. The number of ether oxygens (including phenoxy) is 1. The summed E-state index contributed by atoms with van der Waals surface area (Å²) in [5, 5.41) is 8.99. The molecular weight excluding hydrogens is 184 g/mol. The zero-order valence-electron chi connectivity index (χ0n) is 8.95. The van der Waals surface area contributed by atoms with Crippen molar-refractivity contribution in [1.29, 1.82) is 0 Å². The summed E-state index contributed by atoms with van der Waals surface area (Å²) in [4.78, 5) is 0. The Morgan fingerprint density at radius 3 is 2.54 bits per heavy atom. The fraction of sp³-hybridized carbons (Fsp3) is 1.00. The highest BCUT2D eigenvalue weighted by Crippen LogP contribution is 2.05. The molecule has 0 saturated heterocycles. The van der Waals surface area contributed by atoms with Gasteiger partial charge in [-0.2, -0.15) is 11.8 Å². The van der Waals surface area contributed by atoms with Crippen LogP contribution in [-0.2, 0) is 4.74 Å². The molecule has 1 N–H and O–H groups in total. The normalized spacial score (nSPS) is 15.7. The lowest BCUT2D eigenvalue weighted by molar-refractivity contribution is 0.0759. The van der Waals surface area contributed by atoms with Crippen molar-refractivity contribution >= 4 is 11.8 Å². The summed E-state index contributed by atoms with van der Waals surface area (Å²) in [6.07, 6.45) is 2.19. The van der Waals surface area contributed by atoms with Gasteiger partial charge in [-0.05, 0) is 32.4 Å². The highest BCUT2D eigenvalue weighted by molar-refractivity contribution is 7.99. The third-order valence-corrected chi connectivity index (χ3v) is 2.86. The Balaban J connectivity index is 2.99. The van der Waals surface area contributed by atoms with Crippen molar-refractivity contribution in [3.8, 4) is 0 Å². The Bertz CT molecular complexity index is 107. The predicted octanol–water partition coefficient (Wildman–Crippen LogP) is 2.31. The standard InChI is InChI=1S/C10H22O2S/c1-4-10(3)12-6-8-13-7-5-9(2)11/h9-11H,4-8H2,1-3H3. The number of hydrogen-bond acceptors (Lipinski definition) is 3. The van der Waals surface area contributed by atoms with Crippen molar-refractivity contribution in [2.45, 2.75) is 45.8 Å². The van der Waals surface area contributed by atoms with E-state index in [9.17, 15) is 0 Å². The molecule has 0 amide bonds. The van der Waals surface area contributed by atoms with E-state index in [2.05, 4.69) is 13.8 Å². The molecule has 0 spiro atoms. The zero-order valence-corrected chi connectivity index (χ0v) is 9.77. The molecule has 0 heterocycles. The second kappa shape index (κ2) is 8.85. The van der Waals surface area contributed by atoms with Crippen LogP contribution in [-0.4, -0.2) is 35.4 Å². The molecule has 0 fully saturated rings. The zero-order chi connectivity index (χ0) is 10.1. The molecule has 2 atom stereocenters. The topological polar surface area (TPSA) is 29.5 Å². The van der Waals surface area contributed by atoms with Crippen LogP contribution in [0.3, 0.4) is 0 Å². The van der Waals surface area contributed by atoms with E-state index in [1.54, 1.807) is 0 Å². The molecule has 0 aliphatic rings. The predicted molar refractivity (Wildman–Crippen MR) is 59.3 cm³/mol. The lowest BCUT2D eigenvalue weighted by atomic mass is 10.3. The van der Waals surface area contributed by atoms with E-state index in [-0.39, 0.29) is 6.10 Å². The van der Waals surface area contributed by atoms with Gasteiger partial charge in [-0.1, -0.05) is 6.92 Å². The monoisotopic (exact) mass is 206 g/mol. The third-order valence-electron chi connectivity index (χ3n) is 1.88. The van der Waals surface area contributed by atoms with Crippen LogP contribution in [0.15, 0.2) is 0 Å². The smallest absolute Gasteiger partial charge is 0.0560 e. The number of thioether (sulfide) groups is 1. The van der Waals surface area contributed by atoms with E-state index < -0.39 is 0 Å².